The number of hydrogen-bond donors (Lipinski definition) is 4. The summed E-state index contributed by atoms with van der Waals surface area (Å²) in [4.78, 5) is 47.3. The number of carbonyl (C=O) groups is 4. The van der Waals surface area contributed by atoms with Gasteiger partial charge < -0.3 is 25.6 Å². The van der Waals surface area contributed by atoms with Gasteiger partial charge in [-0.1, -0.05) is 115 Å². The van der Waals surface area contributed by atoms with Crippen molar-refractivity contribution >= 4 is 23.8 Å². The smallest absolute Gasteiger partial charge is 0.328 e. The van der Waals surface area contributed by atoms with Gasteiger partial charge in [-0.25, -0.2) is 4.79 Å². The predicted octanol–water partition coefficient (Wildman–Crippen LogP) is 8.26. The second kappa shape index (κ2) is 33.9. The van der Waals surface area contributed by atoms with Crippen LogP contribution >= 0.6 is 0 Å². The largest absolute Gasteiger partial charge is 0.480 e. The summed E-state index contributed by atoms with van der Waals surface area (Å²) in [6.07, 6.45) is 36.0. The number of hydrogen-bond acceptors (Lipinski definition) is 6. The SMILES string of the molecule is CC/C=C\C/C=C\C/C=C\CCCCCC(=O)OC(CCCCCCCCC)CCCCCCCC(=O)NCC(=O)NC(CO)C(=O)O. The summed E-state index contributed by atoms with van der Waals surface area (Å²) in [5, 5.41) is 22.5. The minimum Gasteiger partial charge on any atom is -0.480 e. The monoisotopic (exact) mass is 677 g/mol. The number of rotatable bonds is 33. The van der Waals surface area contributed by atoms with Crippen LogP contribution in [0.5, 0.6) is 0 Å². The summed E-state index contributed by atoms with van der Waals surface area (Å²) in [7, 11) is 0. The first-order valence-electron chi connectivity index (χ1n) is 18.9. The van der Waals surface area contributed by atoms with Crippen molar-refractivity contribution in [2.24, 2.45) is 0 Å². The maximum atomic E-state index is 12.6. The first kappa shape index (κ1) is 45.1. The van der Waals surface area contributed by atoms with Crippen molar-refractivity contribution in [2.75, 3.05) is 13.2 Å². The Morgan fingerprint density at radius 2 is 1.19 bits per heavy atom. The molecule has 0 aromatic heterocycles. The fourth-order valence-corrected chi connectivity index (χ4v) is 5.26. The number of allylic oxidation sites excluding steroid dienone is 6. The lowest BCUT2D eigenvalue weighted by Gasteiger charge is -2.18. The molecule has 48 heavy (non-hydrogen) atoms. The predicted molar refractivity (Wildman–Crippen MR) is 195 cm³/mol. The van der Waals surface area contributed by atoms with E-state index in [4.69, 9.17) is 14.9 Å². The highest BCUT2D eigenvalue weighted by molar-refractivity contribution is 5.87. The number of nitrogens with one attached hydrogen (secondary N) is 2. The van der Waals surface area contributed by atoms with Crippen LogP contribution in [0.15, 0.2) is 36.5 Å². The third-order valence-corrected chi connectivity index (χ3v) is 8.15. The molecule has 0 aliphatic carbocycles. The maximum absolute atomic E-state index is 12.6. The number of unbranched alkanes of at least 4 members (excludes halogenated alkanes) is 13. The molecule has 0 rings (SSSR count). The van der Waals surface area contributed by atoms with Crippen LogP contribution in [0.2, 0.25) is 0 Å². The van der Waals surface area contributed by atoms with Crippen molar-refractivity contribution in [1.29, 1.82) is 0 Å². The van der Waals surface area contributed by atoms with Crippen LogP contribution in [0.25, 0.3) is 0 Å². The molecule has 0 spiro atoms. The number of carboxylic acids is 1. The molecule has 2 unspecified atom stereocenters. The molecule has 0 aliphatic rings. The molecule has 0 radical (unpaired) electrons. The number of esters is 1. The van der Waals surface area contributed by atoms with E-state index in [1.807, 2.05) is 0 Å². The van der Waals surface area contributed by atoms with E-state index in [1.54, 1.807) is 0 Å². The normalized spacial score (nSPS) is 12.9. The van der Waals surface area contributed by atoms with Crippen molar-refractivity contribution in [2.45, 2.75) is 174 Å². The van der Waals surface area contributed by atoms with Gasteiger partial charge in [0.15, 0.2) is 0 Å². The van der Waals surface area contributed by atoms with Crippen molar-refractivity contribution in [3.05, 3.63) is 36.5 Å². The molecular formula is C39H68N2O7. The lowest BCUT2D eigenvalue weighted by atomic mass is 10.0. The summed E-state index contributed by atoms with van der Waals surface area (Å²) in [6, 6.07) is -1.38. The summed E-state index contributed by atoms with van der Waals surface area (Å²) in [6.45, 7) is 3.33. The molecule has 2 atom stereocenters. The number of carboxylic acid groups (broad SMARTS) is 1. The first-order valence-corrected chi connectivity index (χ1v) is 18.9. The zero-order valence-electron chi connectivity index (χ0n) is 30.2. The number of ether oxygens (including phenoxy) is 1. The van der Waals surface area contributed by atoms with Crippen molar-refractivity contribution < 1.29 is 34.1 Å². The Labute approximate surface area is 291 Å². The van der Waals surface area contributed by atoms with Crippen molar-refractivity contribution in [1.82, 2.24) is 10.6 Å². The molecule has 0 fully saturated rings. The van der Waals surface area contributed by atoms with E-state index in [-0.39, 0.29) is 24.5 Å². The second-order valence-corrected chi connectivity index (χ2v) is 12.6. The highest BCUT2D eigenvalue weighted by atomic mass is 16.5. The van der Waals surface area contributed by atoms with E-state index in [2.05, 4.69) is 60.9 Å². The van der Waals surface area contributed by atoms with Gasteiger partial charge in [0.1, 0.15) is 12.1 Å². The number of aliphatic hydroxyl groups excluding tert-OH is 1. The van der Waals surface area contributed by atoms with Crippen LogP contribution in [0, 0.1) is 0 Å². The molecular weight excluding hydrogens is 608 g/mol. The average molecular weight is 677 g/mol. The number of amides is 2. The van der Waals surface area contributed by atoms with E-state index in [1.165, 1.54) is 38.5 Å². The standard InChI is InChI=1S/C39H68N2O7/c1-3-5-7-9-11-12-13-14-15-16-18-23-27-31-38(45)48-34(28-24-20-17-10-8-6-4-2)29-25-21-19-22-26-30-36(43)40-32-37(44)41-35(33-42)39(46)47/h5,7,11-12,14-15,34-35,42H,3-4,6,8-10,13,16-33H2,1-2H3,(H,40,43)(H,41,44)(H,46,47)/b7-5-,12-11-,15-14-. The summed E-state index contributed by atoms with van der Waals surface area (Å²) < 4.78 is 5.95. The van der Waals surface area contributed by atoms with E-state index >= 15 is 0 Å². The third-order valence-electron chi connectivity index (χ3n) is 8.15. The molecule has 276 valence electrons. The molecule has 0 aromatic carbocycles. The van der Waals surface area contributed by atoms with Crippen molar-refractivity contribution in [3.63, 3.8) is 0 Å². The zero-order valence-corrected chi connectivity index (χ0v) is 30.2. The molecule has 0 bridgehead atoms. The molecule has 0 heterocycles. The van der Waals surface area contributed by atoms with E-state index < -0.39 is 24.5 Å². The maximum Gasteiger partial charge on any atom is 0.328 e. The molecule has 4 N–H and O–H groups in total. The molecule has 0 aromatic rings. The quantitative estimate of drug-likeness (QED) is 0.0311. The Balaban J connectivity index is 4.26. The van der Waals surface area contributed by atoms with Crippen LogP contribution in [-0.2, 0) is 23.9 Å². The van der Waals surface area contributed by atoms with Crippen LogP contribution in [0.1, 0.15) is 162 Å². The fraction of sp³-hybridized carbons (Fsp3) is 0.744. The Hall–Kier alpha value is -2.94. The Morgan fingerprint density at radius 3 is 1.79 bits per heavy atom. The fourth-order valence-electron chi connectivity index (χ4n) is 5.26. The molecule has 0 saturated carbocycles. The lowest BCUT2D eigenvalue weighted by molar-refractivity contribution is -0.150. The van der Waals surface area contributed by atoms with Crippen molar-refractivity contribution in [3.8, 4) is 0 Å². The minimum atomic E-state index is -1.38. The Kier molecular flexibility index (Phi) is 31.9. The van der Waals surface area contributed by atoms with Gasteiger partial charge in [0.05, 0.1) is 13.2 Å². The number of aliphatic carboxylic acids is 1. The minimum absolute atomic E-state index is 0.0231. The summed E-state index contributed by atoms with van der Waals surface area (Å²) >= 11 is 0. The first-order chi connectivity index (χ1) is 23.3. The van der Waals surface area contributed by atoms with Crippen LogP contribution < -0.4 is 10.6 Å². The van der Waals surface area contributed by atoms with Crippen LogP contribution in [0.3, 0.4) is 0 Å². The topological polar surface area (TPSA) is 142 Å². The van der Waals surface area contributed by atoms with Gasteiger partial charge in [0.25, 0.3) is 0 Å². The number of carbonyl (C=O) groups excluding carboxylic acids is 3. The van der Waals surface area contributed by atoms with E-state index in [0.717, 1.165) is 89.9 Å². The number of aliphatic hydroxyl groups is 1. The van der Waals surface area contributed by atoms with Gasteiger partial charge in [0.2, 0.25) is 11.8 Å². The molecule has 0 aliphatic heterocycles. The van der Waals surface area contributed by atoms with Gasteiger partial charge in [-0.05, 0) is 70.6 Å². The average Bonchev–Trinajstić information content (AvgIpc) is 3.07. The molecule has 2 amide bonds. The summed E-state index contributed by atoms with van der Waals surface area (Å²) in [5.41, 5.74) is 0. The van der Waals surface area contributed by atoms with E-state index in [9.17, 15) is 19.2 Å². The highest BCUT2D eigenvalue weighted by Gasteiger charge is 2.19. The van der Waals surface area contributed by atoms with Gasteiger partial charge >= 0.3 is 11.9 Å². The molecule has 0 saturated heterocycles. The van der Waals surface area contributed by atoms with Gasteiger partial charge in [-0.3, -0.25) is 14.4 Å². The van der Waals surface area contributed by atoms with Crippen LogP contribution in [0.4, 0.5) is 0 Å². The summed E-state index contributed by atoms with van der Waals surface area (Å²) in [5.74, 6) is -2.33. The second-order valence-electron chi connectivity index (χ2n) is 12.6. The Bertz CT molecular complexity index is 916. The lowest BCUT2D eigenvalue weighted by Crippen LogP contribution is -2.47. The van der Waals surface area contributed by atoms with Crippen LogP contribution in [-0.4, -0.2) is 59.3 Å². The van der Waals surface area contributed by atoms with Gasteiger partial charge in [-0.15, -0.1) is 0 Å². The third kappa shape index (κ3) is 30.4. The molecule has 9 nitrogen and oxygen atoms in total. The Morgan fingerprint density at radius 1 is 0.646 bits per heavy atom. The van der Waals surface area contributed by atoms with Gasteiger partial charge in [-0.2, -0.15) is 0 Å². The van der Waals surface area contributed by atoms with Gasteiger partial charge in [0, 0.05) is 12.8 Å². The zero-order chi connectivity index (χ0) is 35.5. The molecule has 9 heteroatoms. The highest BCUT2D eigenvalue weighted by Crippen LogP contribution is 2.18. The van der Waals surface area contributed by atoms with E-state index in [0.29, 0.717) is 19.3 Å².